The topological polar surface area (TPSA) is 103 Å². The van der Waals surface area contributed by atoms with E-state index in [4.69, 9.17) is 0 Å². The van der Waals surface area contributed by atoms with Gasteiger partial charge in [-0.15, -0.1) is 0 Å². The fourth-order valence-electron chi connectivity index (χ4n) is 4.47. The Bertz CT molecular complexity index is 1410. The third kappa shape index (κ3) is 5.49. The van der Waals surface area contributed by atoms with Gasteiger partial charge in [-0.3, -0.25) is 9.52 Å². The van der Waals surface area contributed by atoms with Crippen LogP contribution >= 0.6 is 0 Å². The van der Waals surface area contributed by atoms with E-state index in [0.717, 1.165) is 42.3 Å². The normalized spacial score (nSPS) is 14.2. The Balaban J connectivity index is 1.43. The molecule has 3 aromatic carbocycles. The number of aromatic amines is 1. The Hall–Kier alpha value is -3.78. The second kappa shape index (κ2) is 9.84. The Morgan fingerprint density at radius 2 is 1.63 bits per heavy atom. The molecule has 0 bridgehead atoms. The first-order valence-electron chi connectivity index (χ1n) is 11.8. The second-order valence-electron chi connectivity index (χ2n) is 8.91. The maximum Gasteiger partial charge on any atom is 0.261 e. The van der Waals surface area contributed by atoms with E-state index >= 15 is 0 Å². The molecule has 1 aliphatic carbocycles. The van der Waals surface area contributed by atoms with Crippen LogP contribution < -0.4 is 15.4 Å². The number of nitrogens with one attached hydrogen (secondary N) is 4. The summed E-state index contributed by atoms with van der Waals surface area (Å²) in [4.78, 5) is 16.4. The molecule has 0 saturated heterocycles. The molecule has 1 aromatic heterocycles. The number of para-hydroxylation sites is 2. The summed E-state index contributed by atoms with van der Waals surface area (Å²) in [5, 5.41) is 7.44. The molecule has 8 heteroatoms. The van der Waals surface area contributed by atoms with Crippen LogP contribution in [0.1, 0.15) is 41.7 Å². The highest BCUT2D eigenvalue weighted by Gasteiger charge is 2.22. The van der Waals surface area contributed by atoms with E-state index in [2.05, 4.69) is 20.3 Å². The number of hydrogen-bond acceptors (Lipinski definition) is 4. The van der Waals surface area contributed by atoms with E-state index in [1.54, 1.807) is 36.4 Å². The monoisotopic (exact) mass is 488 g/mol. The van der Waals surface area contributed by atoms with Gasteiger partial charge >= 0.3 is 0 Å². The van der Waals surface area contributed by atoms with Crippen LogP contribution in [0.2, 0.25) is 0 Å². The molecule has 0 radical (unpaired) electrons. The lowest BCUT2D eigenvalue weighted by Crippen LogP contribution is -2.32. The highest BCUT2D eigenvalue weighted by atomic mass is 32.2. The zero-order chi connectivity index (χ0) is 24.3. The number of aromatic nitrogens is 1. The summed E-state index contributed by atoms with van der Waals surface area (Å²) in [5.41, 5.74) is 3.31. The number of anilines is 2. The first-order valence-corrected chi connectivity index (χ1v) is 13.3. The minimum atomic E-state index is -3.90. The molecular weight excluding hydrogens is 460 g/mol. The molecule has 35 heavy (non-hydrogen) atoms. The van der Waals surface area contributed by atoms with E-state index in [1.165, 1.54) is 6.07 Å². The van der Waals surface area contributed by atoms with Crippen LogP contribution in [0.3, 0.4) is 0 Å². The molecule has 1 fully saturated rings. The van der Waals surface area contributed by atoms with Gasteiger partial charge in [-0.25, -0.2) is 8.42 Å². The molecule has 0 atom stereocenters. The summed E-state index contributed by atoms with van der Waals surface area (Å²) in [6.07, 6.45) is 4.09. The van der Waals surface area contributed by atoms with E-state index < -0.39 is 10.0 Å². The van der Waals surface area contributed by atoms with Crippen molar-refractivity contribution >= 4 is 38.2 Å². The molecule has 4 N–H and O–H groups in total. The van der Waals surface area contributed by atoms with Gasteiger partial charge in [0.15, 0.2) is 0 Å². The zero-order valence-corrected chi connectivity index (χ0v) is 20.1. The number of rotatable bonds is 8. The average Bonchev–Trinajstić information content (AvgIpc) is 3.52. The Labute approximate surface area is 205 Å². The predicted octanol–water partition coefficient (Wildman–Crippen LogP) is 5.25. The number of hydrogen-bond donors (Lipinski definition) is 4. The fourth-order valence-corrected chi connectivity index (χ4v) is 5.60. The molecule has 0 aliphatic heterocycles. The van der Waals surface area contributed by atoms with E-state index in [-0.39, 0.29) is 16.8 Å². The molecule has 180 valence electrons. The summed E-state index contributed by atoms with van der Waals surface area (Å²) in [6.45, 7) is 0.452. The molecule has 0 unspecified atom stereocenters. The van der Waals surface area contributed by atoms with Gasteiger partial charge in [-0.1, -0.05) is 49.2 Å². The number of sulfonamides is 1. The molecule has 1 amide bonds. The van der Waals surface area contributed by atoms with Gasteiger partial charge in [0.2, 0.25) is 0 Å². The highest BCUT2D eigenvalue weighted by molar-refractivity contribution is 7.92. The van der Waals surface area contributed by atoms with Crippen molar-refractivity contribution in [1.29, 1.82) is 0 Å². The molecule has 1 heterocycles. The summed E-state index contributed by atoms with van der Waals surface area (Å²) in [6, 6.07) is 23.6. The minimum Gasteiger partial charge on any atom is -0.379 e. The van der Waals surface area contributed by atoms with Gasteiger partial charge in [0, 0.05) is 34.2 Å². The summed E-state index contributed by atoms with van der Waals surface area (Å²) in [5.74, 6) is -0.262. The van der Waals surface area contributed by atoms with Crippen molar-refractivity contribution in [1.82, 2.24) is 10.3 Å². The maximum absolute atomic E-state index is 13.2. The van der Waals surface area contributed by atoms with Crippen LogP contribution in [0.4, 0.5) is 11.4 Å². The summed E-state index contributed by atoms with van der Waals surface area (Å²) >= 11 is 0. The fraction of sp³-hybridized carbons (Fsp3) is 0.222. The predicted molar refractivity (Wildman–Crippen MR) is 139 cm³/mol. The summed E-state index contributed by atoms with van der Waals surface area (Å²) in [7, 11) is -3.90. The largest absolute Gasteiger partial charge is 0.379 e. The van der Waals surface area contributed by atoms with Crippen LogP contribution in [0.15, 0.2) is 83.8 Å². The third-order valence-corrected chi connectivity index (χ3v) is 7.62. The van der Waals surface area contributed by atoms with Gasteiger partial charge < -0.3 is 15.6 Å². The van der Waals surface area contributed by atoms with Crippen molar-refractivity contribution in [3.63, 3.8) is 0 Å². The van der Waals surface area contributed by atoms with E-state index in [0.29, 0.717) is 23.5 Å². The van der Waals surface area contributed by atoms with Crippen molar-refractivity contribution in [2.24, 2.45) is 0 Å². The van der Waals surface area contributed by atoms with Crippen LogP contribution in [0, 0.1) is 0 Å². The molecule has 1 aliphatic rings. The van der Waals surface area contributed by atoms with Crippen molar-refractivity contribution in [2.45, 2.75) is 43.2 Å². The standard InChI is InChI=1S/C27H28N4O3S/c32-27(30-21-9-5-6-10-21)20-15-23(28-18-24-14-19-8-4-7-13-26(19)29-24)17-25(16-20)35(33,34)31-22-11-2-1-3-12-22/h1-4,7-8,11-17,21,28-29,31H,5-6,9-10,18H2,(H,30,32). The van der Waals surface area contributed by atoms with Crippen molar-refractivity contribution in [2.75, 3.05) is 10.0 Å². The van der Waals surface area contributed by atoms with Crippen molar-refractivity contribution in [3.05, 3.63) is 90.1 Å². The molecule has 1 saturated carbocycles. The number of amides is 1. The van der Waals surface area contributed by atoms with E-state index in [9.17, 15) is 13.2 Å². The van der Waals surface area contributed by atoms with Crippen LogP contribution in [-0.4, -0.2) is 25.4 Å². The first kappa shape index (κ1) is 23.0. The maximum atomic E-state index is 13.2. The van der Waals surface area contributed by atoms with Crippen LogP contribution in [0.25, 0.3) is 10.9 Å². The second-order valence-corrected chi connectivity index (χ2v) is 10.6. The number of carbonyl (C=O) groups excluding carboxylic acids is 1. The van der Waals surface area contributed by atoms with Gasteiger partial charge in [-0.05, 0) is 60.7 Å². The summed E-state index contributed by atoms with van der Waals surface area (Å²) < 4.78 is 29.0. The zero-order valence-electron chi connectivity index (χ0n) is 19.3. The minimum absolute atomic E-state index is 0.0274. The molecule has 5 rings (SSSR count). The van der Waals surface area contributed by atoms with Gasteiger partial charge in [-0.2, -0.15) is 0 Å². The smallest absolute Gasteiger partial charge is 0.261 e. The molecule has 0 spiro atoms. The van der Waals surface area contributed by atoms with Crippen LogP contribution in [-0.2, 0) is 16.6 Å². The first-order chi connectivity index (χ1) is 17.0. The number of benzene rings is 3. The van der Waals surface area contributed by atoms with Crippen molar-refractivity contribution in [3.8, 4) is 0 Å². The number of H-pyrrole nitrogens is 1. The Kier molecular flexibility index (Phi) is 6.46. The number of fused-ring (bicyclic) bond motifs is 1. The molecule has 4 aromatic rings. The van der Waals surface area contributed by atoms with Gasteiger partial charge in [0.05, 0.1) is 11.4 Å². The quantitative estimate of drug-likeness (QED) is 0.272. The highest BCUT2D eigenvalue weighted by Crippen LogP contribution is 2.24. The Morgan fingerprint density at radius 1 is 0.886 bits per heavy atom. The molecule has 7 nitrogen and oxygen atoms in total. The average molecular weight is 489 g/mol. The third-order valence-electron chi connectivity index (χ3n) is 6.26. The Morgan fingerprint density at radius 3 is 2.40 bits per heavy atom. The van der Waals surface area contributed by atoms with Gasteiger partial charge in [0.25, 0.3) is 15.9 Å². The SMILES string of the molecule is O=C(NC1CCCC1)c1cc(NCc2cc3ccccc3[nH]2)cc(S(=O)(=O)Nc2ccccc2)c1. The molecular formula is C27H28N4O3S. The van der Waals surface area contributed by atoms with Crippen LogP contribution in [0.5, 0.6) is 0 Å². The van der Waals surface area contributed by atoms with Gasteiger partial charge in [0.1, 0.15) is 0 Å². The van der Waals surface area contributed by atoms with Crippen molar-refractivity contribution < 1.29 is 13.2 Å². The lowest BCUT2D eigenvalue weighted by molar-refractivity contribution is 0.0937. The lowest BCUT2D eigenvalue weighted by Gasteiger charge is -2.15. The number of carbonyl (C=O) groups is 1. The lowest BCUT2D eigenvalue weighted by atomic mass is 10.1. The van der Waals surface area contributed by atoms with E-state index in [1.807, 2.05) is 36.4 Å².